The fourth-order valence-electron chi connectivity index (χ4n) is 1.22. The average Bonchev–Trinajstić information content (AvgIpc) is 2.79. The summed E-state index contributed by atoms with van der Waals surface area (Å²) in [7, 11) is 1.90. The van der Waals surface area contributed by atoms with Crippen molar-refractivity contribution in [1.29, 1.82) is 0 Å². The summed E-state index contributed by atoms with van der Waals surface area (Å²) < 4.78 is 8.99. The Balaban J connectivity index is 2.31. The van der Waals surface area contributed by atoms with E-state index in [1.54, 1.807) is 17.5 Å². The molecule has 74 valence electrons. The van der Waals surface area contributed by atoms with Gasteiger partial charge in [-0.25, -0.2) is 0 Å². The molecule has 2 aromatic rings. The minimum absolute atomic E-state index is 0.103. The third kappa shape index (κ3) is 1.95. The van der Waals surface area contributed by atoms with Gasteiger partial charge in [-0.2, -0.15) is 8.75 Å². The standard InChI is InChI=1S/C8H8ClN3S2/c1-10-8(5-4-11-14-12-5)6-2-3-7(9)13-6/h2-4,8,10H,1H3. The molecular weight excluding hydrogens is 238 g/mol. The summed E-state index contributed by atoms with van der Waals surface area (Å²) in [5.74, 6) is 0. The van der Waals surface area contributed by atoms with Crippen molar-refractivity contribution in [2.24, 2.45) is 0 Å². The Labute approximate surface area is 95.1 Å². The first-order valence-electron chi connectivity index (χ1n) is 4.01. The average molecular weight is 246 g/mol. The third-order valence-corrected chi connectivity index (χ3v) is 3.63. The molecule has 0 spiro atoms. The van der Waals surface area contributed by atoms with E-state index in [0.29, 0.717) is 0 Å². The number of nitrogens with one attached hydrogen (secondary N) is 1. The van der Waals surface area contributed by atoms with Crippen molar-refractivity contribution in [3.63, 3.8) is 0 Å². The Hall–Kier alpha value is -0.490. The van der Waals surface area contributed by atoms with Crippen molar-refractivity contribution in [2.75, 3.05) is 7.05 Å². The minimum Gasteiger partial charge on any atom is -0.307 e. The molecule has 0 aliphatic carbocycles. The Morgan fingerprint density at radius 1 is 1.50 bits per heavy atom. The zero-order chi connectivity index (χ0) is 9.97. The number of rotatable bonds is 3. The van der Waals surface area contributed by atoms with Gasteiger partial charge >= 0.3 is 0 Å². The SMILES string of the molecule is CNC(c1cnsn1)c1ccc(Cl)s1. The van der Waals surface area contributed by atoms with Crippen LogP contribution in [-0.2, 0) is 0 Å². The van der Waals surface area contributed by atoms with E-state index in [4.69, 9.17) is 11.6 Å². The van der Waals surface area contributed by atoms with Crippen LogP contribution in [0, 0.1) is 0 Å². The molecule has 0 radical (unpaired) electrons. The fraction of sp³-hybridized carbons (Fsp3) is 0.250. The zero-order valence-electron chi connectivity index (χ0n) is 7.40. The van der Waals surface area contributed by atoms with Crippen LogP contribution in [0.4, 0.5) is 0 Å². The Kier molecular flexibility index (Phi) is 3.12. The zero-order valence-corrected chi connectivity index (χ0v) is 9.79. The second kappa shape index (κ2) is 4.35. The molecule has 0 aromatic carbocycles. The fourth-order valence-corrected chi connectivity index (χ4v) is 2.85. The van der Waals surface area contributed by atoms with E-state index in [0.717, 1.165) is 14.9 Å². The highest BCUT2D eigenvalue weighted by Crippen LogP contribution is 2.29. The first-order chi connectivity index (χ1) is 6.81. The van der Waals surface area contributed by atoms with Gasteiger partial charge in [-0.05, 0) is 19.2 Å². The number of thiophene rings is 1. The van der Waals surface area contributed by atoms with Crippen LogP contribution in [0.3, 0.4) is 0 Å². The van der Waals surface area contributed by atoms with Gasteiger partial charge in [-0.1, -0.05) is 11.6 Å². The summed E-state index contributed by atoms with van der Waals surface area (Å²) in [6.45, 7) is 0. The van der Waals surface area contributed by atoms with Gasteiger partial charge in [0.15, 0.2) is 0 Å². The molecule has 0 saturated heterocycles. The largest absolute Gasteiger partial charge is 0.307 e. The molecule has 1 N–H and O–H groups in total. The molecule has 1 unspecified atom stereocenters. The monoisotopic (exact) mass is 245 g/mol. The summed E-state index contributed by atoms with van der Waals surface area (Å²) in [6, 6.07) is 4.00. The minimum atomic E-state index is 0.103. The smallest absolute Gasteiger partial charge is 0.0965 e. The Morgan fingerprint density at radius 3 is 2.86 bits per heavy atom. The van der Waals surface area contributed by atoms with Crippen molar-refractivity contribution in [1.82, 2.24) is 14.1 Å². The molecule has 0 bridgehead atoms. The normalized spacial score (nSPS) is 13.0. The maximum Gasteiger partial charge on any atom is 0.0965 e. The Bertz CT molecular complexity index is 398. The van der Waals surface area contributed by atoms with Crippen LogP contribution in [-0.4, -0.2) is 15.8 Å². The van der Waals surface area contributed by atoms with E-state index in [1.807, 2.05) is 19.2 Å². The van der Waals surface area contributed by atoms with Crippen LogP contribution >= 0.6 is 34.7 Å². The number of nitrogens with zero attached hydrogens (tertiary/aromatic N) is 2. The van der Waals surface area contributed by atoms with E-state index in [1.165, 1.54) is 11.7 Å². The van der Waals surface area contributed by atoms with Crippen molar-refractivity contribution < 1.29 is 0 Å². The quantitative estimate of drug-likeness (QED) is 0.903. The molecule has 0 saturated carbocycles. The van der Waals surface area contributed by atoms with E-state index in [2.05, 4.69) is 14.1 Å². The van der Waals surface area contributed by atoms with Gasteiger partial charge in [0.1, 0.15) is 0 Å². The first kappa shape index (κ1) is 10.0. The lowest BCUT2D eigenvalue weighted by Gasteiger charge is -2.10. The molecule has 2 rings (SSSR count). The summed E-state index contributed by atoms with van der Waals surface area (Å²) in [4.78, 5) is 1.16. The van der Waals surface area contributed by atoms with Gasteiger partial charge in [0.05, 0.1) is 34.0 Å². The molecule has 0 fully saturated rings. The maximum absolute atomic E-state index is 5.88. The number of hydrogen-bond donors (Lipinski definition) is 1. The van der Waals surface area contributed by atoms with Gasteiger partial charge in [0.2, 0.25) is 0 Å². The molecule has 3 nitrogen and oxygen atoms in total. The molecule has 2 heterocycles. The van der Waals surface area contributed by atoms with Crippen LogP contribution in [0.2, 0.25) is 4.34 Å². The molecule has 0 aliphatic rings. The van der Waals surface area contributed by atoms with E-state index in [9.17, 15) is 0 Å². The highest BCUT2D eigenvalue weighted by atomic mass is 35.5. The lowest BCUT2D eigenvalue weighted by atomic mass is 10.2. The maximum atomic E-state index is 5.88. The van der Waals surface area contributed by atoms with Gasteiger partial charge in [-0.3, -0.25) is 0 Å². The molecule has 0 aliphatic heterocycles. The molecular formula is C8H8ClN3S2. The van der Waals surface area contributed by atoms with Gasteiger partial charge in [0.25, 0.3) is 0 Å². The van der Waals surface area contributed by atoms with Crippen molar-refractivity contribution in [3.8, 4) is 0 Å². The van der Waals surface area contributed by atoms with Crippen molar-refractivity contribution in [3.05, 3.63) is 33.2 Å². The van der Waals surface area contributed by atoms with Gasteiger partial charge < -0.3 is 5.32 Å². The summed E-state index contributed by atoms with van der Waals surface area (Å²) in [5, 5.41) is 3.19. The molecule has 6 heteroatoms. The Morgan fingerprint density at radius 2 is 2.36 bits per heavy atom. The van der Waals surface area contributed by atoms with E-state index in [-0.39, 0.29) is 6.04 Å². The second-order valence-electron chi connectivity index (χ2n) is 2.70. The van der Waals surface area contributed by atoms with Gasteiger partial charge in [0, 0.05) is 4.88 Å². The van der Waals surface area contributed by atoms with E-state index < -0.39 is 0 Å². The number of aromatic nitrogens is 2. The highest BCUT2D eigenvalue weighted by molar-refractivity contribution is 7.16. The molecule has 2 aromatic heterocycles. The predicted octanol–water partition coefficient (Wildman–Crippen LogP) is 2.56. The van der Waals surface area contributed by atoms with Crippen molar-refractivity contribution >= 4 is 34.7 Å². The molecule has 14 heavy (non-hydrogen) atoms. The predicted molar refractivity (Wildman–Crippen MR) is 60.1 cm³/mol. The third-order valence-electron chi connectivity index (χ3n) is 1.84. The lowest BCUT2D eigenvalue weighted by molar-refractivity contribution is 0.689. The number of hydrogen-bond acceptors (Lipinski definition) is 5. The van der Waals surface area contributed by atoms with Gasteiger partial charge in [-0.15, -0.1) is 11.3 Å². The molecule has 1 atom stereocenters. The van der Waals surface area contributed by atoms with Crippen molar-refractivity contribution in [2.45, 2.75) is 6.04 Å². The lowest BCUT2D eigenvalue weighted by Crippen LogP contribution is -2.16. The van der Waals surface area contributed by atoms with Crippen LogP contribution in [0.25, 0.3) is 0 Å². The van der Waals surface area contributed by atoms with Crippen LogP contribution in [0.1, 0.15) is 16.6 Å². The summed E-state index contributed by atoms with van der Waals surface area (Å²) in [6.07, 6.45) is 1.78. The van der Waals surface area contributed by atoms with Crippen LogP contribution in [0.15, 0.2) is 18.3 Å². The van der Waals surface area contributed by atoms with Crippen LogP contribution < -0.4 is 5.32 Å². The highest BCUT2D eigenvalue weighted by Gasteiger charge is 2.16. The molecule has 0 amide bonds. The van der Waals surface area contributed by atoms with Crippen LogP contribution in [0.5, 0.6) is 0 Å². The van der Waals surface area contributed by atoms with E-state index >= 15 is 0 Å². The second-order valence-corrected chi connectivity index (χ2v) is 5.00. The number of halogens is 1. The topological polar surface area (TPSA) is 37.8 Å². The summed E-state index contributed by atoms with van der Waals surface area (Å²) >= 11 is 8.66. The first-order valence-corrected chi connectivity index (χ1v) is 5.93. The summed E-state index contributed by atoms with van der Waals surface area (Å²) in [5.41, 5.74) is 0.941.